The molecule has 0 radical (unpaired) electrons. The quantitative estimate of drug-likeness (QED) is 0.379. The van der Waals surface area contributed by atoms with Crippen LogP contribution in [0.4, 0.5) is 0 Å². The molecule has 72 valence electrons. The molecular formula is C6H12N6O. The first-order valence-corrected chi connectivity index (χ1v) is 3.87. The highest BCUT2D eigenvalue weighted by atomic mass is 16.3. The Kier molecular flexibility index (Phi) is 5.47. The Hall–Kier alpha value is -1.42. The zero-order valence-corrected chi connectivity index (χ0v) is 7.46. The summed E-state index contributed by atoms with van der Waals surface area (Å²) in [6, 6.07) is 0. The van der Waals surface area contributed by atoms with Crippen molar-refractivity contribution in [2.24, 2.45) is 15.6 Å². The molecule has 0 aliphatic carbocycles. The van der Waals surface area contributed by atoms with Crippen LogP contribution in [0.3, 0.4) is 0 Å². The third-order valence-corrected chi connectivity index (χ3v) is 2.02. The lowest BCUT2D eigenvalue weighted by molar-refractivity contribution is 0.135. The second kappa shape index (κ2) is 6.14. The van der Waals surface area contributed by atoms with Crippen molar-refractivity contribution in [2.75, 3.05) is 19.7 Å². The lowest BCUT2D eigenvalue weighted by atomic mass is 9.86. The number of aliphatic hydroxyl groups is 1. The van der Waals surface area contributed by atoms with Gasteiger partial charge in [-0.05, 0) is 17.5 Å². The van der Waals surface area contributed by atoms with Gasteiger partial charge in [0.25, 0.3) is 0 Å². The average molecular weight is 184 g/mol. The summed E-state index contributed by atoms with van der Waals surface area (Å²) in [5, 5.41) is 15.8. The molecule has 0 rings (SSSR count). The predicted molar refractivity (Wildman–Crippen MR) is 47.8 cm³/mol. The molecule has 0 bridgehead atoms. The summed E-state index contributed by atoms with van der Waals surface area (Å²) in [4.78, 5) is 5.21. The Morgan fingerprint density at radius 2 is 1.69 bits per heavy atom. The molecule has 1 N–H and O–H groups in total. The van der Waals surface area contributed by atoms with E-state index in [4.69, 9.17) is 16.2 Å². The van der Waals surface area contributed by atoms with Crippen LogP contribution < -0.4 is 0 Å². The van der Waals surface area contributed by atoms with Crippen molar-refractivity contribution in [3.05, 3.63) is 20.9 Å². The van der Waals surface area contributed by atoms with Crippen molar-refractivity contribution in [2.45, 2.75) is 13.3 Å². The highest BCUT2D eigenvalue weighted by Gasteiger charge is 2.25. The molecule has 0 aromatic carbocycles. The third kappa shape index (κ3) is 3.66. The molecule has 0 spiro atoms. The second-order valence-electron chi connectivity index (χ2n) is 2.79. The molecule has 13 heavy (non-hydrogen) atoms. The lowest BCUT2D eigenvalue weighted by Gasteiger charge is -2.26. The van der Waals surface area contributed by atoms with Gasteiger partial charge in [-0.2, -0.15) is 0 Å². The van der Waals surface area contributed by atoms with Gasteiger partial charge >= 0.3 is 0 Å². The van der Waals surface area contributed by atoms with Gasteiger partial charge in [0.15, 0.2) is 0 Å². The molecule has 0 aromatic heterocycles. The topological polar surface area (TPSA) is 118 Å². The largest absolute Gasteiger partial charge is 0.396 e. The molecule has 0 unspecified atom stereocenters. The first kappa shape index (κ1) is 11.6. The first-order valence-electron chi connectivity index (χ1n) is 3.87. The molecule has 0 aliphatic heterocycles. The molecule has 0 aromatic rings. The van der Waals surface area contributed by atoms with Gasteiger partial charge in [0.05, 0.1) is 0 Å². The summed E-state index contributed by atoms with van der Waals surface area (Å²) in [5.74, 6) is 0. The summed E-state index contributed by atoms with van der Waals surface area (Å²) < 4.78 is 0. The maximum absolute atomic E-state index is 9.06. The fourth-order valence-corrected chi connectivity index (χ4v) is 0.849. The Morgan fingerprint density at radius 3 is 1.92 bits per heavy atom. The fraction of sp³-hybridized carbons (Fsp3) is 1.00. The molecule has 0 amide bonds. The number of aliphatic hydroxyl groups excluding tert-OH is 1. The highest BCUT2D eigenvalue weighted by molar-refractivity contribution is 4.82. The van der Waals surface area contributed by atoms with E-state index in [2.05, 4.69) is 20.1 Å². The van der Waals surface area contributed by atoms with Crippen molar-refractivity contribution in [1.29, 1.82) is 0 Å². The summed E-state index contributed by atoms with van der Waals surface area (Å²) in [6.45, 7) is 1.99. The van der Waals surface area contributed by atoms with Crippen molar-refractivity contribution >= 4 is 0 Å². The number of nitrogens with zero attached hydrogens (tertiary/aromatic N) is 6. The van der Waals surface area contributed by atoms with E-state index in [9.17, 15) is 0 Å². The Bertz CT molecular complexity index is 214. The molecular weight excluding hydrogens is 172 g/mol. The molecule has 0 atom stereocenters. The maximum Gasteiger partial charge on any atom is 0.0489 e. The minimum atomic E-state index is -0.599. The predicted octanol–water partition coefficient (Wildman–Crippen LogP) is 2.00. The Morgan fingerprint density at radius 1 is 1.23 bits per heavy atom. The monoisotopic (exact) mass is 184 g/mol. The van der Waals surface area contributed by atoms with Crippen LogP contribution >= 0.6 is 0 Å². The Labute approximate surface area is 75.6 Å². The summed E-state index contributed by atoms with van der Waals surface area (Å²) in [6.07, 6.45) is 0.599. The van der Waals surface area contributed by atoms with E-state index in [1.54, 1.807) is 0 Å². The average Bonchev–Trinajstić information content (AvgIpc) is 2.20. The summed E-state index contributed by atoms with van der Waals surface area (Å²) >= 11 is 0. The van der Waals surface area contributed by atoms with Gasteiger partial charge in [0.1, 0.15) is 0 Å². The SMILES string of the molecule is CCC(CO)(CN=[N+]=[N-])CN=[N+]=[N-]. The van der Waals surface area contributed by atoms with E-state index in [1.165, 1.54) is 0 Å². The van der Waals surface area contributed by atoms with Crippen LogP contribution in [-0.4, -0.2) is 24.8 Å². The first-order chi connectivity index (χ1) is 6.24. The van der Waals surface area contributed by atoms with Gasteiger partial charge in [-0.1, -0.05) is 17.2 Å². The zero-order valence-electron chi connectivity index (χ0n) is 7.46. The molecule has 7 heteroatoms. The van der Waals surface area contributed by atoms with Crippen LogP contribution in [0.25, 0.3) is 20.9 Å². The van der Waals surface area contributed by atoms with Gasteiger partial charge < -0.3 is 5.11 Å². The normalized spacial score (nSPS) is 13.7. The van der Waals surface area contributed by atoms with Crippen molar-refractivity contribution in [3.63, 3.8) is 0 Å². The van der Waals surface area contributed by atoms with Gasteiger partial charge in [0.2, 0.25) is 0 Å². The van der Waals surface area contributed by atoms with Crippen LogP contribution in [0.2, 0.25) is 0 Å². The number of hydrogen-bond acceptors (Lipinski definition) is 3. The van der Waals surface area contributed by atoms with E-state index in [-0.39, 0.29) is 19.7 Å². The molecule has 7 nitrogen and oxygen atoms in total. The maximum atomic E-state index is 9.06. The van der Waals surface area contributed by atoms with Crippen LogP contribution in [0, 0.1) is 5.41 Å². The van der Waals surface area contributed by atoms with E-state index in [0.29, 0.717) is 6.42 Å². The molecule has 0 saturated heterocycles. The molecule has 0 fully saturated rings. The summed E-state index contributed by atoms with van der Waals surface area (Å²) in [7, 11) is 0. The van der Waals surface area contributed by atoms with E-state index in [1.807, 2.05) is 6.92 Å². The zero-order chi connectivity index (χ0) is 10.2. The third-order valence-electron chi connectivity index (χ3n) is 2.02. The van der Waals surface area contributed by atoms with Gasteiger partial charge in [-0.15, -0.1) is 0 Å². The van der Waals surface area contributed by atoms with Crippen LogP contribution in [0.1, 0.15) is 13.3 Å². The van der Waals surface area contributed by atoms with Crippen LogP contribution in [-0.2, 0) is 0 Å². The van der Waals surface area contributed by atoms with Gasteiger partial charge in [-0.3, -0.25) is 0 Å². The van der Waals surface area contributed by atoms with Crippen molar-refractivity contribution < 1.29 is 5.11 Å². The highest BCUT2D eigenvalue weighted by Crippen LogP contribution is 2.22. The van der Waals surface area contributed by atoms with Crippen molar-refractivity contribution in [3.8, 4) is 0 Å². The number of hydrogen-bond donors (Lipinski definition) is 1. The Balaban J connectivity index is 4.46. The van der Waals surface area contributed by atoms with Crippen molar-refractivity contribution in [1.82, 2.24) is 0 Å². The van der Waals surface area contributed by atoms with Gasteiger partial charge in [0, 0.05) is 34.9 Å². The number of rotatable bonds is 6. The van der Waals surface area contributed by atoms with E-state index >= 15 is 0 Å². The van der Waals surface area contributed by atoms with E-state index < -0.39 is 5.41 Å². The summed E-state index contributed by atoms with van der Waals surface area (Å²) in [5.41, 5.74) is 15.6. The standard InChI is InChI=1S/C6H12N6O/c1-2-6(5-13,3-9-11-7)4-10-12-8/h13H,2-5H2,1H3. The number of azide groups is 2. The van der Waals surface area contributed by atoms with E-state index in [0.717, 1.165) is 0 Å². The fourth-order valence-electron chi connectivity index (χ4n) is 0.849. The minimum absolute atomic E-state index is 0.148. The van der Waals surface area contributed by atoms with Crippen LogP contribution in [0.15, 0.2) is 10.2 Å². The molecule has 0 heterocycles. The smallest absolute Gasteiger partial charge is 0.0489 e. The minimum Gasteiger partial charge on any atom is -0.396 e. The molecule has 0 aliphatic rings. The molecule has 0 saturated carbocycles. The second-order valence-corrected chi connectivity index (χ2v) is 2.79. The van der Waals surface area contributed by atoms with Crippen LogP contribution in [0.5, 0.6) is 0 Å². The van der Waals surface area contributed by atoms with Gasteiger partial charge in [-0.25, -0.2) is 0 Å². The lowest BCUT2D eigenvalue weighted by Crippen LogP contribution is -2.31.